The zero-order valence-electron chi connectivity index (χ0n) is 13.7. The summed E-state index contributed by atoms with van der Waals surface area (Å²) in [5.41, 5.74) is 2.12. The van der Waals surface area contributed by atoms with Crippen LogP contribution < -0.4 is 4.74 Å². The minimum absolute atomic E-state index is 0.213. The molecule has 0 saturated carbocycles. The summed E-state index contributed by atoms with van der Waals surface area (Å²) in [6, 6.07) is 9.51. The smallest absolute Gasteiger partial charge is 0.293 e. The van der Waals surface area contributed by atoms with Crippen LogP contribution in [0.4, 0.5) is 4.79 Å². The summed E-state index contributed by atoms with van der Waals surface area (Å²) in [5, 5.41) is -0.290. The molecule has 0 atom stereocenters. The van der Waals surface area contributed by atoms with Gasteiger partial charge < -0.3 is 9.15 Å². The van der Waals surface area contributed by atoms with Gasteiger partial charge in [0.2, 0.25) is 0 Å². The number of ether oxygens (including phenoxy) is 1. The van der Waals surface area contributed by atoms with E-state index in [1.807, 2.05) is 54.6 Å². The van der Waals surface area contributed by atoms with Crippen molar-refractivity contribution in [1.82, 2.24) is 4.90 Å². The number of imide groups is 1. The summed E-state index contributed by atoms with van der Waals surface area (Å²) < 4.78 is 11.9. The highest BCUT2D eigenvalue weighted by atomic mass is 127. The number of halogens is 1. The van der Waals surface area contributed by atoms with E-state index in [9.17, 15) is 9.59 Å². The minimum Gasteiger partial charge on any atom is -0.491 e. The molecule has 0 aliphatic carbocycles. The van der Waals surface area contributed by atoms with Gasteiger partial charge in [0.15, 0.2) is 3.77 Å². The van der Waals surface area contributed by atoms with Crippen LogP contribution in [0.3, 0.4) is 0 Å². The molecule has 1 aromatic heterocycles. The van der Waals surface area contributed by atoms with Crippen molar-refractivity contribution in [3.05, 3.63) is 55.9 Å². The van der Waals surface area contributed by atoms with E-state index in [0.717, 1.165) is 32.4 Å². The molecule has 1 aromatic carbocycles. The van der Waals surface area contributed by atoms with E-state index in [1.165, 1.54) is 4.90 Å². The lowest BCUT2D eigenvalue weighted by Crippen LogP contribution is -2.32. The average Bonchev–Trinajstić information content (AvgIpc) is 3.08. The number of thioether (sulfide) groups is 1. The van der Waals surface area contributed by atoms with Crippen LogP contribution in [0.25, 0.3) is 6.08 Å². The molecule has 3 rings (SSSR count). The molecular formula is C18H16INO4S. The molecule has 2 heterocycles. The first-order valence-corrected chi connectivity index (χ1v) is 9.54. The van der Waals surface area contributed by atoms with E-state index in [0.29, 0.717) is 10.7 Å². The Bertz CT molecular complexity index is 859. The standard InChI is InChI=1S/C18H16INO4S/c1-11-3-4-12(2)14(9-11)23-8-7-20-17(21)15(25-18(20)22)10-13-5-6-16(19)24-13/h3-6,9-10H,7-8H2,1-2H3/b15-10-. The summed E-state index contributed by atoms with van der Waals surface area (Å²) in [7, 11) is 0. The Morgan fingerprint density at radius 1 is 1.24 bits per heavy atom. The fourth-order valence-corrected chi connectivity index (χ4v) is 3.62. The van der Waals surface area contributed by atoms with E-state index < -0.39 is 0 Å². The highest BCUT2D eigenvalue weighted by Crippen LogP contribution is 2.32. The Balaban J connectivity index is 1.63. The van der Waals surface area contributed by atoms with Gasteiger partial charge in [0.1, 0.15) is 18.1 Å². The highest BCUT2D eigenvalue weighted by Gasteiger charge is 2.35. The number of furan rings is 1. The van der Waals surface area contributed by atoms with Gasteiger partial charge in [-0.15, -0.1) is 0 Å². The van der Waals surface area contributed by atoms with Crippen molar-refractivity contribution in [2.75, 3.05) is 13.2 Å². The van der Waals surface area contributed by atoms with E-state index in [4.69, 9.17) is 9.15 Å². The quantitative estimate of drug-likeness (QED) is 0.473. The van der Waals surface area contributed by atoms with E-state index in [1.54, 1.807) is 18.2 Å². The summed E-state index contributed by atoms with van der Waals surface area (Å²) in [6.07, 6.45) is 1.60. The van der Waals surface area contributed by atoms with Crippen molar-refractivity contribution in [2.24, 2.45) is 0 Å². The van der Waals surface area contributed by atoms with Crippen molar-refractivity contribution < 1.29 is 18.7 Å². The molecule has 1 saturated heterocycles. The van der Waals surface area contributed by atoms with Gasteiger partial charge in [-0.25, -0.2) is 0 Å². The predicted octanol–water partition coefficient (Wildman–Crippen LogP) is 4.62. The third-order valence-corrected chi connectivity index (χ3v) is 5.14. The topological polar surface area (TPSA) is 59.8 Å². The Hall–Kier alpha value is -1.74. The number of hydrogen-bond donors (Lipinski definition) is 0. The number of hydrogen-bond acceptors (Lipinski definition) is 5. The molecule has 1 aliphatic heterocycles. The maximum atomic E-state index is 12.4. The summed E-state index contributed by atoms with van der Waals surface area (Å²) in [6.45, 7) is 4.42. The molecule has 0 spiro atoms. The zero-order chi connectivity index (χ0) is 18.0. The molecule has 25 heavy (non-hydrogen) atoms. The van der Waals surface area contributed by atoms with Gasteiger partial charge >= 0.3 is 0 Å². The van der Waals surface area contributed by atoms with Gasteiger partial charge in [-0.05, 0) is 77.5 Å². The SMILES string of the molecule is Cc1ccc(C)c(OCCN2C(=O)S/C(=C\c3ccc(I)o3)C2=O)c1. The Labute approximate surface area is 163 Å². The van der Waals surface area contributed by atoms with Crippen LogP contribution in [0.2, 0.25) is 0 Å². The van der Waals surface area contributed by atoms with Crippen molar-refractivity contribution in [3.63, 3.8) is 0 Å². The predicted molar refractivity (Wildman–Crippen MR) is 106 cm³/mol. The van der Waals surface area contributed by atoms with E-state index >= 15 is 0 Å². The zero-order valence-corrected chi connectivity index (χ0v) is 16.7. The Kier molecular flexibility index (Phi) is 5.53. The minimum atomic E-state index is -0.314. The number of aryl methyl sites for hydroxylation is 2. The molecular weight excluding hydrogens is 453 g/mol. The van der Waals surface area contributed by atoms with Crippen molar-refractivity contribution in [1.29, 1.82) is 0 Å². The van der Waals surface area contributed by atoms with Gasteiger partial charge in [-0.1, -0.05) is 12.1 Å². The first-order chi connectivity index (χ1) is 11.9. The maximum absolute atomic E-state index is 12.4. The lowest BCUT2D eigenvalue weighted by Gasteiger charge is -2.14. The molecule has 2 amide bonds. The lowest BCUT2D eigenvalue weighted by molar-refractivity contribution is -0.123. The summed E-state index contributed by atoms with van der Waals surface area (Å²) in [4.78, 5) is 26.1. The number of rotatable bonds is 5. The molecule has 7 heteroatoms. The van der Waals surface area contributed by atoms with Crippen molar-refractivity contribution in [3.8, 4) is 5.75 Å². The number of carbonyl (C=O) groups is 2. The largest absolute Gasteiger partial charge is 0.491 e. The molecule has 1 fully saturated rings. The van der Waals surface area contributed by atoms with Crippen molar-refractivity contribution >= 4 is 51.6 Å². The van der Waals surface area contributed by atoms with Gasteiger partial charge in [0.05, 0.1) is 11.4 Å². The van der Waals surface area contributed by atoms with Gasteiger partial charge in [-0.3, -0.25) is 14.5 Å². The Morgan fingerprint density at radius 3 is 2.76 bits per heavy atom. The highest BCUT2D eigenvalue weighted by molar-refractivity contribution is 14.1. The van der Waals surface area contributed by atoms with Crippen LogP contribution in [0.5, 0.6) is 5.75 Å². The molecule has 1 aliphatic rings. The van der Waals surface area contributed by atoms with Crippen molar-refractivity contribution in [2.45, 2.75) is 13.8 Å². The monoisotopic (exact) mass is 469 g/mol. The molecule has 2 aromatic rings. The van der Waals surface area contributed by atoms with E-state index in [2.05, 4.69) is 0 Å². The molecule has 0 unspecified atom stereocenters. The molecule has 0 radical (unpaired) electrons. The second-order valence-electron chi connectivity index (χ2n) is 5.59. The first kappa shape index (κ1) is 18.1. The maximum Gasteiger partial charge on any atom is 0.293 e. The molecule has 130 valence electrons. The van der Waals surface area contributed by atoms with Crippen LogP contribution in [-0.2, 0) is 4.79 Å². The number of benzene rings is 1. The summed E-state index contributed by atoms with van der Waals surface area (Å²) in [5.74, 6) is 1.01. The number of nitrogens with zero attached hydrogens (tertiary/aromatic N) is 1. The summed E-state index contributed by atoms with van der Waals surface area (Å²) >= 11 is 2.97. The van der Waals surface area contributed by atoms with Crippen LogP contribution in [0, 0.1) is 17.6 Å². The van der Waals surface area contributed by atoms with Crippen LogP contribution >= 0.6 is 34.4 Å². The van der Waals surface area contributed by atoms with Gasteiger partial charge in [0, 0.05) is 6.08 Å². The Morgan fingerprint density at radius 2 is 2.04 bits per heavy atom. The fraction of sp³-hybridized carbons (Fsp3) is 0.222. The second kappa shape index (κ2) is 7.65. The first-order valence-electron chi connectivity index (χ1n) is 7.65. The average molecular weight is 469 g/mol. The fourth-order valence-electron chi connectivity index (χ4n) is 2.34. The van der Waals surface area contributed by atoms with Crippen LogP contribution in [0.15, 0.2) is 39.7 Å². The number of carbonyl (C=O) groups excluding carboxylic acids is 2. The van der Waals surface area contributed by atoms with E-state index in [-0.39, 0.29) is 24.3 Å². The number of amides is 2. The third kappa shape index (κ3) is 4.27. The normalized spacial score (nSPS) is 16.1. The van der Waals surface area contributed by atoms with Crippen LogP contribution in [-0.4, -0.2) is 29.2 Å². The lowest BCUT2D eigenvalue weighted by atomic mass is 10.1. The van der Waals surface area contributed by atoms with Crippen LogP contribution in [0.1, 0.15) is 16.9 Å². The third-order valence-electron chi connectivity index (χ3n) is 3.66. The molecule has 0 bridgehead atoms. The van der Waals surface area contributed by atoms with Gasteiger partial charge in [0.25, 0.3) is 11.1 Å². The molecule has 5 nitrogen and oxygen atoms in total. The van der Waals surface area contributed by atoms with Gasteiger partial charge in [-0.2, -0.15) is 0 Å². The second-order valence-corrected chi connectivity index (χ2v) is 7.65. The molecule has 0 N–H and O–H groups in total.